The van der Waals surface area contributed by atoms with Gasteiger partial charge in [0.2, 0.25) is 0 Å². The molecule has 1 aromatic carbocycles. The summed E-state index contributed by atoms with van der Waals surface area (Å²) in [6, 6.07) is 1.72. The molecular weight excluding hydrogens is 236 g/mol. The number of hydrogen-bond donors (Lipinski definition) is 4. The van der Waals surface area contributed by atoms with Gasteiger partial charge in [0.15, 0.2) is 0 Å². The smallest absolute Gasteiger partial charge is 0.307 e. The van der Waals surface area contributed by atoms with E-state index in [2.05, 4.69) is 0 Å². The van der Waals surface area contributed by atoms with Gasteiger partial charge < -0.3 is 20.6 Å². The minimum Gasteiger partial charge on any atom is -0.870 e. The van der Waals surface area contributed by atoms with E-state index in [1.165, 1.54) is 0 Å². The molecule has 0 atom stereocenters. The van der Waals surface area contributed by atoms with Gasteiger partial charge in [0.1, 0.15) is 0 Å². The number of anilines is 2. The molecular formula is C8H8N2O7-2. The van der Waals surface area contributed by atoms with Gasteiger partial charge in [-0.2, -0.15) is 0 Å². The van der Waals surface area contributed by atoms with Gasteiger partial charge in [-0.25, -0.2) is 0 Å². The van der Waals surface area contributed by atoms with E-state index in [0.717, 1.165) is 12.1 Å². The topological polar surface area (TPSA) is 151 Å². The Morgan fingerprint density at radius 1 is 1.24 bits per heavy atom. The summed E-state index contributed by atoms with van der Waals surface area (Å²) in [7, 11) is 0. The summed E-state index contributed by atoms with van der Waals surface area (Å²) in [5, 5.41) is 55.2. The molecule has 0 heterocycles. The number of hydrogen-bond acceptors (Lipinski definition) is 8. The van der Waals surface area contributed by atoms with Gasteiger partial charge in [0, 0.05) is 5.69 Å². The van der Waals surface area contributed by atoms with Crippen LogP contribution >= 0.6 is 0 Å². The molecule has 0 aromatic heterocycles. The highest BCUT2D eigenvalue weighted by Gasteiger charge is 2.10. The first-order valence-corrected chi connectivity index (χ1v) is 4.22. The first kappa shape index (κ1) is 13.0. The highest BCUT2D eigenvalue weighted by Crippen LogP contribution is 2.34. The van der Waals surface area contributed by atoms with Crippen molar-refractivity contribution in [3.05, 3.63) is 22.9 Å². The van der Waals surface area contributed by atoms with Crippen LogP contribution in [0.25, 0.3) is 0 Å². The second kappa shape index (κ2) is 4.84. The highest BCUT2D eigenvalue weighted by molar-refractivity contribution is 5.76. The van der Waals surface area contributed by atoms with Crippen molar-refractivity contribution in [1.82, 2.24) is 0 Å². The lowest BCUT2D eigenvalue weighted by Gasteiger charge is -2.30. The van der Waals surface area contributed by atoms with Crippen molar-refractivity contribution < 1.29 is 30.6 Å². The van der Waals surface area contributed by atoms with Crippen LogP contribution < -0.4 is 15.6 Å². The molecule has 17 heavy (non-hydrogen) atoms. The summed E-state index contributed by atoms with van der Waals surface area (Å²) in [6.45, 7) is 0. The number of carbonyl (C=O) groups is 1. The quantitative estimate of drug-likeness (QED) is 0.521. The zero-order valence-corrected chi connectivity index (χ0v) is 8.27. The summed E-state index contributed by atoms with van der Waals surface area (Å²) >= 11 is 0. The molecule has 0 aliphatic carbocycles. The van der Waals surface area contributed by atoms with Gasteiger partial charge in [-0.1, -0.05) is 5.75 Å². The molecule has 0 saturated heterocycles. The van der Waals surface area contributed by atoms with Crippen molar-refractivity contribution in [2.24, 2.45) is 0 Å². The molecule has 0 radical (unpaired) electrons. The van der Waals surface area contributed by atoms with E-state index in [1.54, 1.807) is 0 Å². The van der Waals surface area contributed by atoms with Crippen molar-refractivity contribution in [2.45, 2.75) is 6.42 Å². The third-order valence-electron chi connectivity index (χ3n) is 1.89. The number of carboxylic acids is 1. The summed E-state index contributed by atoms with van der Waals surface area (Å²) in [4.78, 5) is 10.4. The van der Waals surface area contributed by atoms with E-state index < -0.39 is 40.0 Å². The van der Waals surface area contributed by atoms with Crippen molar-refractivity contribution in [3.8, 4) is 5.75 Å². The Balaban J connectivity index is 3.31. The Morgan fingerprint density at radius 3 is 2.18 bits per heavy atom. The summed E-state index contributed by atoms with van der Waals surface area (Å²) in [5.41, 5.74) is -1.61. The number of benzene rings is 1. The molecule has 9 heteroatoms. The SMILES string of the molecule is O=C(O)Cc1cc(N([O-])O)c([O-])c(N(O)O)c1. The minimum absolute atomic E-state index is 0.0508. The Morgan fingerprint density at radius 2 is 1.76 bits per heavy atom. The molecule has 0 aliphatic heterocycles. The maximum Gasteiger partial charge on any atom is 0.307 e. The Kier molecular flexibility index (Phi) is 3.70. The fraction of sp³-hybridized carbons (Fsp3) is 0.125. The lowest BCUT2D eigenvalue weighted by Crippen LogP contribution is -2.18. The van der Waals surface area contributed by atoms with E-state index in [9.17, 15) is 15.1 Å². The van der Waals surface area contributed by atoms with Crippen LogP contribution in [-0.4, -0.2) is 26.7 Å². The second-order valence-corrected chi connectivity index (χ2v) is 3.10. The van der Waals surface area contributed by atoms with E-state index >= 15 is 0 Å². The fourth-order valence-corrected chi connectivity index (χ4v) is 1.22. The van der Waals surface area contributed by atoms with Crippen LogP contribution in [0.1, 0.15) is 5.56 Å². The third-order valence-corrected chi connectivity index (χ3v) is 1.89. The van der Waals surface area contributed by atoms with Gasteiger partial charge in [0.25, 0.3) is 0 Å². The molecule has 0 aliphatic rings. The normalized spacial score (nSPS) is 10.1. The first-order chi connectivity index (χ1) is 7.82. The average molecular weight is 244 g/mol. The van der Waals surface area contributed by atoms with Crippen molar-refractivity contribution >= 4 is 17.3 Å². The van der Waals surface area contributed by atoms with E-state index in [1.807, 2.05) is 0 Å². The molecule has 0 bridgehead atoms. The lowest BCUT2D eigenvalue weighted by atomic mass is 10.1. The number of carboxylic acid groups (broad SMARTS) is 1. The van der Waals surface area contributed by atoms with Gasteiger partial charge in [-0.05, 0) is 17.7 Å². The molecule has 1 aromatic rings. The van der Waals surface area contributed by atoms with Crippen molar-refractivity contribution in [1.29, 1.82) is 0 Å². The molecule has 94 valence electrons. The standard InChI is InChI=1S/C8H9N2O7/c11-7(12)3-4-1-5(9(14)15)8(13)6(2-4)10(16)17/h1-2,13-16H,3H2,(H,11,12)/q-1/p-1. The van der Waals surface area contributed by atoms with E-state index in [4.69, 9.17) is 20.7 Å². The zero-order chi connectivity index (χ0) is 13.2. The van der Waals surface area contributed by atoms with Gasteiger partial charge in [0.05, 0.1) is 12.1 Å². The van der Waals surface area contributed by atoms with Crippen LogP contribution in [0, 0.1) is 5.21 Å². The molecule has 0 unspecified atom stereocenters. The lowest BCUT2D eigenvalue weighted by molar-refractivity contribution is -0.267. The molecule has 0 saturated carbocycles. The molecule has 9 nitrogen and oxygen atoms in total. The van der Waals surface area contributed by atoms with Crippen LogP contribution in [0.15, 0.2) is 12.1 Å². The zero-order valence-electron chi connectivity index (χ0n) is 8.27. The van der Waals surface area contributed by atoms with Crippen LogP contribution in [0.3, 0.4) is 0 Å². The predicted molar refractivity (Wildman–Crippen MR) is 50.9 cm³/mol. The van der Waals surface area contributed by atoms with Gasteiger partial charge >= 0.3 is 5.97 Å². The average Bonchev–Trinajstić information content (AvgIpc) is 2.18. The summed E-state index contributed by atoms with van der Waals surface area (Å²) < 4.78 is 0. The molecule has 0 fully saturated rings. The maximum absolute atomic E-state index is 11.4. The molecule has 0 amide bonds. The number of rotatable bonds is 4. The Labute approximate surface area is 94.4 Å². The predicted octanol–water partition coefficient (Wildman–Crippen LogP) is -0.334. The summed E-state index contributed by atoms with van der Waals surface area (Å²) in [5.74, 6) is -2.40. The van der Waals surface area contributed by atoms with Crippen molar-refractivity contribution in [3.63, 3.8) is 0 Å². The largest absolute Gasteiger partial charge is 0.870 e. The maximum atomic E-state index is 11.4. The second-order valence-electron chi connectivity index (χ2n) is 3.10. The van der Waals surface area contributed by atoms with Gasteiger partial charge in [-0.15, -0.1) is 5.23 Å². The first-order valence-electron chi connectivity index (χ1n) is 4.22. The Hall–Kier alpha value is -2.07. The van der Waals surface area contributed by atoms with Crippen LogP contribution in [-0.2, 0) is 11.2 Å². The van der Waals surface area contributed by atoms with Crippen LogP contribution in [0.5, 0.6) is 5.75 Å². The monoisotopic (exact) mass is 244 g/mol. The third kappa shape index (κ3) is 2.95. The van der Waals surface area contributed by atoms with Crippen molar-refractivity contribution in [2.75, 3.05) is 10.5 Å². The molecule has 0 spiro atoms. The molecule has 4 N–H and O–H groups in total. The minimum atomic E-state index is -1.25. The molecule has 1 rings (SSSR count). The van der Waals surface area contributed by atoms with E-state index in [0.29, 0.717) is 0 Å². The number of aliphatic carboxylic acids is 1. The fourth-order valence-electron chi connectivity index (χ4n) is 1.22. The van der Waals surface area contributed by atoms with Gasteiger partial charge in [-0.3, -0.25) is 20.4 Å². The summed E-state index contributed by atoms with van der Waals surface area (Å²) in [6.07, 6.45) is -0.554. The van der Waals surface area contributed by atoms with Crippen LogP contribution in [0.4, 0.5) is 11.4 Å². The highest BCUT2D eigenvalue weighted by atomic mass is 16.8. The Bertz CT molecular complexity index is 403. The van der Waals surface area contributed by atoms with Crippen LogP contribution in [0.2, 0.25) is 0 Å². The number of nitrogens with zero attached hydrogens (tertiary/aromatic N) is 2. The van der Waals surface area contributed by atoms with E-state index in [-0.39, 0.29) is 5.56 Å².